The molecule has 0 saturated heterocycles. The average Bonchev–Trinajstić information content (AvgIpc) is 2.82. The molecule has 0 heteroatoms. The summed E-state index contributed by atoms with van der Waals surface area (Å²) < 4.78 is 0. The summed E-state index contributed by atoms with van der Waals surface area (Å²) >= 11 is 0. The summed E-state index contributed by atoms with van der Waals surface area (Å²) in [4.78, 5) is 0. The van der Waals surface area contributed by atoms with Gasteiger partial charge in [0.25, 0.3) is 0 Å². The molecule has 2 unspecified atom stereocenters. The van der Waals surface area contributed by atoms with E-state index in [-0.39, 0.29) is 0 Å². The lowest BCUT2D eigenvalue weighted by atomic mass is 9.60. The van der Waals surface area contributed by atoms with Crippen LogP contribution < -0.4 is 0 Å². The minimum atomic E-state index is 0.627. The van der Waals surface area contributed by atoms with Gasteiger partial charge >= 0.3 is 0 Å². The van der Waals surface area contributed by atoms with Gasteiger partial charge in [-0.2, -0.15) is 0 Å². The van der Waals surface area contributed by atoms with E-state index in [9.17, 15) is 0 Å². The van der Waals surface area contributed by atoms with Crippen molar-refractivity contribution in [1.29, 1.82) is 0 Å². The zero-order valence-electron chi connectivity index (χ0n) is 23.0. The van der Waals surface area contributed by atoms with Gasteiger partial charge in [-0.1, -0.05) is 119 Å². The average molecular weight is 459 g/mol. The van der Waals surface area contributed by atoms with Crippen molar-refractivity contribution in [1.82, 2.24) is 0 Å². The number of rotatable bonds is 9. The molecule has 0 N–H and O–H groups in total. The second-order valence-electron chi connectivity index (χ2n) is 10.8. The summed E-state index contributed by atoms with van der Waals surface area (Å²) in [5.41, 5.74) is 7.16. The Kier molecular flexibility index (Phi) is 11.9. The molecule has 3 rings (SSSR count). The topological polar surface area (TPSA) is 0 Å². The Balaban J connectivity index is 0.000000270. The zero-order chi connectivity index (χ0) is 25.0. The SMILES string of the molecule is C=C(C)c1ccc(/C=C\C)c(C)c1.CCCC1CC(c2ccccc2)CC(CCC)(CCC)C1. The molecule has 1 saturated carbocycles. The smallest absolute Gasteiger partial charge is 0.0154 e. The minimum absolute atomic E-state index is 0.627. The van der Waals surface area contributed by atoms with Crippen LogP contribution in [0.25, 0.3) is 11.6 Å². The molecule has 2 atom stereocenters. The Morgan fingerprint density at radius 1 is 0.971 bits per heavy atom. The van der Waals surface area contributed by atoms with E-state index in [1.807, 2.05) is 13.8 Å². The largest absolute Gasteiger partial charge is 0.0955 e. The summed E-state index contributed by atoms with van der Waals surface area (Å²) in [6, 6.07) is 17.8. The summed E-state index contributed by atoms with van der Waals surface area (Å²) in [7, 11) is 0. The molecule has 0 bridgehead atoms. The first kappa shape index (κ1) is 28.2. The molecule has 0 nitrogen and oxygen atoms in total. The first-order valence-electron chi connectivity index (χ1n) is 13.8. The molecule has 0 amide bonds. The normalized spacial score (nSPS) is 19.5. The van der Waals surface area contributed by atoms with Crippen LogP contribution in [0.1, 0.15) is 121 Å². The second kappa shape index (κ2) is 14.3. The van der Waals surface area contributed by atoms with Crippen molar-refractivity contribution in [2.75, 3.05) is 0 Å². The standard InChI is InChI=1S/C21H34.C13H16/c1-4-10-18-15-20(19-11-8-7-9-12-19)17-21(16-18,13-5-2)14-6-3;1-5-6-12-7-8-13(10(2)3)9-11(12)4/h7-9,11-12,18,20H,4-6,10,13-17H2,1-3H3;5-9H,2H2,1,3-4H3/b;6-5-. The minimum Gasteiger partial charge on any atom is -0.0955 e. The molecule has 34 heavy (non-hydrogen) atoms. The number of allylic oxidation sites excluding steroid dienone is 2. The summed E-state index contributed by atoms with van der Waals surface area (Å²) in [5, 5.41) is 0. The number of hydrogen-bond acceptors (Lipinski definition) is 0. The van der Waals surface area contributed by atoms with Crippen LogP contribution in [0.4, 0.5) is 0 Å². The maximum absolute atomic E-state index is 3.92. The van der Waals surface area contributed by atoms with Gasteiger partial charge in [0.1, 0.15) is 0 Å². The van der Waals surface area contributed by atoms with Gasteiger partial charge in [0.2, 0.25) is 0 Å². The molecule has 1 aliphatic rings. The van der Waals surface area contributed by atoms with Crippen molar-refractivity contribution in [3.8, 4) is 0 Å². The molecule has 0 aliphatic heterocycles. The Labute approximate surface area is 211 Å². The van der Waals surface area contributed by atoms with Gasteiger partial charge in [0, 0.05) is 0 Å². The third kappa shape index (κ3) is 8.30. The maximum Gasteiger partial charge on any atom is -0.0154 e. The van der Waals surface area contributed by atoms with Gasteiger partial charge in [-0.3, -0.25) is 0 Å². The summed E-state index contributed by atoms with van der Waals surface area (Å²) in [6.07, 6.45) is 16.9. The molecular weight excluding hydrogens is 408 g/mol. The highest BCUT2D eigenvalue weighted by molar-refractivity contribution is 5.65. The van der Waals surface area contributed by atoms with E-state index < -0.39 is 0 Å². The van der Waals surface area contributed by atoms with Crippen LogP contribution in [0, 0.1) is 18.3 Å². The van der Waals surface area contributed by atoms with Crippen molar-refractivity contribution in [3.63, 3.8) is 0 Å². The van der Waals surface area contributed by atoms with E-state index in [1.54, 1.807) is 5.56 Å². The van der Waals surface area contributed by atoms with Crippen LogP contribution >= 0.6 is 0 Å². The zero-order valence-corrected chi connectivity index (χ0v) is 23.0. The predicted octanol–water partition coefficient (Wildman–Crippen LogP) is 11.0. The van der Waals surface area contributed by atoms with Gasteiger partial charge in [-0.15, -0.1) is 0 Å². The van der Waals surface area contributed by atoms with Gasteiger partial charge < -0.3 is 0 Å². The number of aryl methyl sites for hydroxylation is 1. The molecule has 186 valence electrons. The first-order chi connectivity index (χ1) is 16.4. The van der Waals surface area contributed by atoms with Crippen LogP contribution in [0.3, 0.4) is 0 Å². The van der Waals surface area contributed by atoms with Crippen molar-refractivity contribution in [2.24, 2.45) is 11.3 Å². The fourth-order valence-electron chi connectivity index (χ4n) is 6.30. The number of benzene rings is 2. The lowest BCUT2D eigenvalue weighted by Gasteiger charge is -2.45. The fourth-order valence-corrected chi connectivity index (χ4v) is 6.30. The third-order valence-electron chi connectivity index (χ3n) is 7.66. The van der Waals surface area contributed by atoms with Gasteiger partial charge in [0.05, 0.1) is 0 Å². The highest BCUT2D eigenvalue weighted by atomic mass is 14.4. The van der Waals surface area contributed by atoms with Crippen molar-refractivity contribution < 1.29 is 0 Å². The van der Waals surface area contributed by atoms with E-state index in [2.05, 4.69) is 95.0 Å². The highest BCUT2D eigenvalue weighted by Crippen LogP contribution is 2.52. The summed E-state index contributed by atoms with van der Waals surface area (Å²) in [5.74, 6) is 1.75. The molecular formula is C34H50. The second-order valence-corrected chi connectivity index (χ2v) is 10.8. The first-order valence-corrected chi connectivity index (χ1v) is 13.8. The van der Waals surface area contributed by atoms with E-state index >= 15 is 0 Å². The Morgan fingerprint density at radius 2 is 1.65 bits per heavy atom. The molecule has 1 fully saturated rings. The monoisotopic (exact) mass is 458 g/mol. The van der Waals surface area contributed by atoms with E-state index in [1.165, 1.54) is 74.5 Å². The Morgan fingerprint density at radius 3 is 2.18 bits per heavy atom. The number of hydrogen-bond donors (Lipinski definition) is 0. The fraction of sp³-hybridized carbons (Fsp3) is 0.529. The van der Waals surface area contributed by atoms with Crippen LogP contribution in [0.15, 0.2) is 61.2 Å². The van der Waals surface area contributed by atoms with Crippen molar-refractivity contribution >= 4 is 11.6 Å². The van der Waals surface area contributed by atoms with E-state index in [4.69, 9.17) is 0 Å². The Hall–Kier alpha value is -2.08. The molecule has 1 aliphatic carbocycles. The lowest BCUT2D eigenvalue weighted by molar-refractivity contribution is 0.0904. The van der Waals surface area contributed by atoms with Crippen molar-refractivity contribution in [3.05, 3.63) is 83.4 Å². The molecule has 0 radical (unpaired) electrons. The predicted molar refractivity (Wildman–Crippen MR) is 154 cm³/mol. The van der Waals surface area contributed by atoms with Crippen LogP contribution in [-0.4, -0.2) is 0 Å². The quantitative estimate of drug-likeness (QED) is 0.350. The van der Waals surface area contributed by atoms with E-state index in [0.717, 1.165) is 17.4 Å². The molecule has 0 heterocycles. The van der Waals surface area contributed by atoms with Crippen molar-refractivity contribution in [2.45, 2.75) is 105 Å². The molecule has 2 aromatic rings. The van der Waals surface area contributed by atoms with Crippen LogP contribution in [0.5, 0.6) is 0 Å². The van der Waals surface area contributed by atoms with Crippen LogP contribution in [0.2, 0.25) is 0 Å². The lowest BCUT2D eigenvalue weighted by Crippen LogP contribution is -2.32. The third-order valence-corrected chi connectivity index (χ3v) is 7.66. The summed E-state index contributed by atoms with van der Waals surface area (Å²) in [6.45, 7) is 17.2. The van der Waals surface area contributed by atoms with Gasteiger partial charge in [0.15, 0.2) is 0 Å². The van der Waals surface area contributed by atoms with Gasteiger partial charge in [-0.05, 0) is 92.4 Å². The molecule has 2 aromatic carbocycles. The van der Waals surface area contributed by atoms with Gasteiger partial charge in [-0.25, -0.2) is 0 Å². The molecule has 0 spiro atoms. The van der Waals surface area contributed by atoms with E-state index in [0.29, 0.717) is 5.41 Å². The van der Waals surface area contributed by atoms with Crippen LogP contribution in [-0.2, 0) is 0 Å². The Bertz CT molecular complexity index is 880. The molecule has 0 aromatic heterocycles. The maximum atomic E-state index is 3.92. The highest BCUT2D eigenvalue weighted by Gasteiger charge is 2.39.